The number of fused-ring (bicyclic) bond motifs is 1. The van der Waals surface area contributed by atoms with E-state index >= 15 is 0 Å². The van der Waals surface area contributed by atoms with Crippen LogP contribution in [0.15, 0.2) is 28.2 Å². The lowest BCUT2D eigenvalue weighted by Crippen LogP contribution is -2.35. The Balaban J connectivity index is 2.03. The Kier molecular flexibility index (Phi) is 5.07. The quantitative estimate of drug-likeness (QED) is 0.616. The van der Waals surface area contributed by atoms with Crippen LogP contribution in [0.5, 0.6) is 0 Å². The molecule has 2 rings (SSSR count). The van der Waals surface area contributed by atoms with Crippen molar-refractivity contribution in [2.45, 2.75) is 25.7 Å². The number of nitrogens with zero attached hydrogens (tertiary/aromatic N) is 3. The summed E-state index contributed by atoms with van der Waals surface area (Å²) in [6.07, 6.45) is 1.57. The van der Waals surface area contributed by atoms with Gasteiger partial charge in [-0.05, 0) is 17.5 Å². The number of hydrazone groups is 1. The van der Waals surface area contributed by atoms with Crippen molar-refractivity contribution >= 4 is 44.9 Å². The predicted octanol–water partition coefficient (Wildman–Crippen LogP) is 1.12. The average Bonchev–Trinajstić information content (AvgIpc) is 2.92. The maximum atomic E-state index is 12.3. The van der Waals surface area contributed by atoms with E-state index < -0.39 is 22.5 Å². The maximum Gasteiger partial charge on any atom is 0.255 e. The van der Waals surface area contributed by atoms with Crippen molar-refractivity contribution in [2.24, 2.45) is 10.5 Å². The number of carbonyl (C=O) groups is 1. The first-order valence-corrected chi connectivity index (χ1v) is 8.94. The number of nitrogens with one attached hydrogen (secondary N) is 2. The van der Waals surface area contributed by atoms with E-state index in [4.69, 9.17) is 0 Å². The molecule has 0 aliphatic carbocycles. The molecule has 0 bridgehead atoms. The number of hydrogen-bond acceptors (Lipinski definition) is 7. The number of hydrogen-bond donors (Lipinski definition) is 2. The number of rotatable bonds is 5. The van der Waals surface area contributed by atoms with Gasteiger partial charge in [0.05, 0.1) is 18.3 Å². The lowest BCUT2D eigenvalue weighted by Gasteiger charge is -2.10. The molecule has 0 saturated heterocycles. The molecular weight excluding hydrogens is 338 g/mol. The van der Waals surface area contributed by atoms with Gasteiger partial charge in [-0.3, -0.25) is 4.79 Å². The molecule has 8 nitrogen and oxygen atoms in total. The van der Waals surface area contributed by atoms with E-state index in [-0.39, 0.29) is 15.8 Å². The fourth-order valence-electron chi connectivity index (χ4n) is 1.57. The summed E-state index contributed by atoms with van der Waals surface area (Å²) >= 11 is 0.930. The van der Waals surface area contributed by atoms with Crippen LogP contribution >= 0.6 is 11.7 Å². The molecule has 0 aliphatic heterocycles. The van der Waals surface area contributed by atoms with Gasteiger partial charge in [0.2, 0.25) is 10.0 Å². The van der Waals surface area contributed by atoms with Gasteiger partial charge in [0.15, 0.2) is 0 Å². The van der Waals surface area contributed by atoms with Gasteiger partial charge in [0, 0.05) is 6.21 Å². The molecular formula is C13H17N5O3S2. The van der Waals surface area contributed by atoms with Gasteiger partial charge in [0.1, 0.15) is 15.9 Å². The van der Waals surface area contributed by atoms with Crippen molar-refractivity contribution < 1.29 is 13.2 Å². The number of benzene rings is 1. The summed E-state index contributed by atoms with van der Waals surface area (Å²) in [6, 6.07) is 4.67. The van der Waals surface area contributed by atoms with Gasteiger partial charge in [-0.25, -0.2) is 18.6 Å². The van der Waals surface area contributed by atoms with Gasteiger partial charge < -0.3 is 0 Å². The minimum atomic E-state index is -3.86. The molecule has 1 amide bonds. The van der Waals surface area contributed by atoms with E-state index in [2.05, 4.69) is 24.0 Å². The van der Waals surface area contributed by atoms with Crippen LogP contribution < -0.4 is 10.1 Å². The summed E-state index contributed by atoms with van der Waals surface area (Å²) in [4.78, 5) is 11.6. The molecule has 2 N–H and O–H groups in total. The van der Waals surface area contributed by atoms with Crippen LogP contribution in [0.4, 0.5) is 0 Å². The standard InChI is InChI=1S/C13H17N5O3S2/c1-13(2,3)8-14-16-11(19)7-15-23(20,21)10-6-4-5-9-12(10)18-22-17-9/h4-6,8,15H,7H2,1-3H3,(H,16,19)/b14-8+. The molecule has 0 saturated carbocycles. The first-order chi connectivity index (χ1) is 10.7. The van der Waals surface area contributed by atoms with Crippen molar-refractivity contribution in [1.29, 1.82) is 0 Å². The summed E-state index contributed by atoms with van der Waals surface area (Å²) < 4.78 is 34.8. The fourth-order valence-corrected chi connectivity index (χ4v) is 3.32. The lowest BCUT2D eigenvalue weighted by molar-refractivity contribution is -0.119. The molecule has 0 radical (unpaired) electrons. The lowest BCUT2D eigenvalue weighted by atomic mass is 9.99. The van der Waals surface area contributed by atoms with Crippen molar-refractivity contribution in [1.82, 2.24) is 18.9 Å². The maximum absolute atomic E-state index is 12.3. The molecule has 1 heterocycles. The van der Waals surface area contributed by atoms with Gasteiger partial charge in [-0.15, -0.1) is 0 Å². The Labute approximate surface area is 138 Å². The smallest absolute Gasteiger partial charge is 0.255 e. The molecule has 0 spiro atoms. The Morgan fingerprint density at radius 3 is 2.78 bits per heavy atom. The Bertz CT molecular complexity index is 837. The molecule has 0 unspecified atom stereocenters. The number of aromatic nitrogens is 2. The minimum Gasteiger partial charge on any atom is -0.272 e. The van der Waals surface area contributed by atoms with Crippen molar-refractivity contribution in [3.05, 3.63) is 18.2 Å². The van der Waals surface area contributed by atoms with Crippen LogP contribution in [0.25, 0.3) is 11.0 Å². The molecule has 23 heavy (non-hydrogen) atoms. The topological polar surface area (TPSA) is 113 Å². The third-order valence-electron chi connectivity index (χ3n) is 2.60. The monoisotopic (exact) mass is 355 g/mol. The van der Waals surface area contributed by atoms with E-state index in [1.807, 2.05) is 20.8 Å². The minimum absolute atomic E-state index is 0.00487. The second-order valence-electron chi connectivity index (χ2n) is 5.87. The highest BCUT2D eigenvalue weighted by Gasteiger charge is 2.20. The van der Waals surface area contributed by atoms with Crippen LogP contribution in [-0.4, -0.2) is 35.8 Å². The van der Waals surface area contributed by atoms with E-state index in [1.165, 1.54) is 6.07 Å². The van der Waals surface area contributed by atoms with Crippen LogP contribution in [0, 0.1) is 5.41 Å². The zero-order valence-corrected chi connectivity index (χ0v) is 14.5. The number of sulfonamides is 1. The predicted molar refractivity (Wildman–Crippen MR) is 88.7 cm³/mol. The summed E-state index contributed by atoms with van der Waals surface area (Å²) in [5.74, 6) is -0.558. The van der Waals surface area contributed by atoms with Crippen LogP contribution in [-0.2, 0) is 14.8 Å². The first-order valence-electron chi connectivity index (χ1n) is 6.73. The molecule has 0 aliphatic rings. The van der Waals surface area contributed by atoms with E-state index in [0.717, 1.165) is 11.7 Å². The highest BCUT2D eigenvalue weighted by atomic mass is 32.2. The van der Waals surface area contributed by atoms with E-state index in [0.29, 0.717) is 5.52 Å². The van der Waals surface area contributed by atoms with Gasteiger partial charge in [-0.2, -0.15) is 13.8 Å². The van der Waals surface area contributed by atoms with Gasteiger partial charge in [-0.1, -0.05) is 26.8 Å². The third-order valence-corrected chi connectivity index (χ3v) is 4.58. The Morgan fingerprint density at radius 2 is 2.09 bits per heavy atom. The van der Waals surface area contributed by atoms with Crippen molar-refractivity contribution in [3.8, 4) is 0 Å². The van der Waals surface area contributed by atoms with Gasteiger partial charge in [0.25, 0.3) is 5.91 Å². The summed E-state index contributed by atoms with van der Waals surface area (Å²) in [6.45, 7) is 5.35. The summed E-state index contributed by atoms with van der Waals surface area (Å²) in [7, 11) is -3.86. The Hall–Kier alpha value is -1.91. The van der Waals surface area contributed by atoms with E-state index in [1.54, 1.807) is 18.3 Å². The van der Waals surface area contributed by atoms with Crippen LogP contribution in [0.2, 0.25) is 0 Å². The zero-order valence-electron chi connectivity index (χ0n) is 12.9. The van der Waals surface area contributed by atoms with Crippen LogP contribution in [0.3, 0.4) is 0 Å². The number of amides is 1. The van der Waals surface area contributed by atoms with E-state index in [9.17, 15) is 13.2 Å². The second-order valence-corrected chi connectivity index (χ2v) is 8.14. The molecule has 0 atom stereocenters. The molecule has 2 aromatic rings. The molecule has 1 aromatic heterocycles. The molecule has 10 heteroatoms. The molecule has 0 fully saturated rings. The largest absolute Gasteiger partial charge is 0.272 e. The third kappa shape index (κ3) is 4.78. The van der Waals surface area contributed by atoms with Crippen molar-refractivity contribution in [3.63, 3.8) is 0 Å². The number of carbonyl (C=O) groups excluding carboxylic acids is 1. The Morgan fingerprint density at radius 1 is 1.35 bits per heavy atom. The average molecular weight is 355 g/mol. The molecule has 1 aromatic carbocycles. The fraction of sp³-hybridized carbons (Fsp3) is 0.385. The summed E-state index contributed by atoms with van der Waals surface area (Å²) in [5, 5.41) is 3.78. The SMILES string of the molecule is CC(C)(C)/C=N/NC(=O)CNS(=O)(=O)c1cccc2nsnc12. The van der Waals surface area contributed by atoms with Crippen LogP contribution in [0.1, 0.15) is 20.8 Å². The highest BCUT2D eigenvalue weighted by Crippen LogP contribution is 2.20. The zero-order chi connectivity index (χ0) is 17.1. The highest BCUT2D eigenvalue weighted by molar-refractivity contribution is 7.89. The van der Waals surface area contributed by atoms with Gasteiger partial charge >= 0.3 is 0 Å². The van der Waals surface area contributed by atoms with Crippen molar-refractivity contribution in [2.75, 3.05) is 6.54 Å². The summed E-state index contributed by atoms with van der Waals surface area (Å²) in [5.41, 5.74) is 2.88. The normalized spacial score (nSPS) is 12.8. The second kappa shape index (κ2) is 6.69. The molecule has 124 valence electrons. The first kappa shape index (κ1) is 17.4.